The molecule has 2 N–H and O–H groups in total. The Morgan fingerprint density at radius 2 is 1.71 bits per heavy atom. The van der Waals surface area contributed by atoms with E-state index >= 15 is 0 Å². The maximum absolute atomic E-state index is 13.7. The fraction of sp³-hybridized carbons (Fsp3) is 0.407. The molecule has 3 heterocycles. The molecular formula is C27H32ClN5O2. The monoisotopic (exact) mass is 493 g/mol. The van der Waals surface area contributed by atoms with Gasteiger partial charge in [-0.2, -0.15) is 0 Å². The Morgan fingerprint density at radius 1 is 1.00 bits per heavy atom. The SMILES string of the molecule is CN1CCC(N2CCN(C(=O)[C@H](NC(=O)c3ccc4c(Cl)c[nH]c4c3)c3ccccc3)CC2)CC1. The number of aromatic nitrogens is 1. The topological polar surface area (TPSA) is 71.7 Å². The molecule has 35 heavy (non-hydrogen) atoms. The summed E-state index contributed by atoms with van der Waals surface area (Å²) in [4.78, 5) is 36.8. The van der Waals surface area contributed by atoms with Crippen LogP contribution in [0.1, 0.15) is 34.8 Å². The predicted octanol–water partition coefficient (Wildman–Crippen LogP) is 3.53. The lowest BCUT2D eigenvalue weighted by Gasteiger charge is -2.42. The first-order valence-corrected chi connectivity index (χ1v) is 12.7. The van der Waals surface area contributed by atoms with Gasteiger partial charge in [-0.1, -0.05) is 48.0 Å². The van der Waals surface area contributed by atoms with Gasteiger partial charge in [0.15, 0.2) is 0 Å². The number of piperidine rings is 1. The van der Waals surface area contributed by atoms with Gasteiger partial charge in [-0.15, -0.1) is 0 Å². The number of aromatic amines is 1. The van der Waals surface area contributed by atoms with E-state index in [1.165, 1.54) is 12.8 Å². The van der Waals surface area contributed by atoms with E-state index in [0.717, 1.165) is 42.6 Å². The molecule has 0 unspecified atom stereocenters. The number of rotatable bonds is 5. The number of H-pyrrole nitrogens is 1. The molecule has 2 aliphatic heterocycles. The van der Waals surface area contributed by atoms with Crippen molar-refractivity contribution in [3.05, 3.63) is 70.9 Å². The third-order valence-electron chi connectivity index (χ3n) is 7.38. The van der Waals surface area contributed by atoms with Crippen molar-refractivity contribution in [3.8, 4) is 0 Å². The number of piperazine rings is 1. The standard InChI is InChI=1S/C27H32ClN5O2/c1-31-11-9-21(10-12-31)32-13-15-33(16-14-32)27(35)25(19-5-3-2-4-6-19)30-26(34)20-7-8-22-23(28)18-29-24(22)17-20/h2-8,17-18,21,25,29H,9-16H2,1H3,(H,30,34)/t25-/m1/s1. The Kier molecular flexibility index (Phi) is 7.09. The van der Waals surface area contributed by atoms with Crippen LogP contribution in [0.25, 0.3) is 10.9 Å². The molecule has 2 saturated heterocycles. The van der Waals surface area contributed by atoms with Gasteiger partial charge in [0.1, 0.15) is 6.04 Å². The summed E-state index contributed by atoms with van der Waals surface area (Å²) in [7, 11) is 2.18. The summed E-state index contributed by atoms with van der Waals surface area (Å²) in [6, 6.07) is 14.7. The van der Waals surface area contributed by atoms with Crippen LogP contribution in [-0.2, 0) is 4.79 Å². The molecule has 184 valence electrons. The van der Waals surface area contributed by atoms with Crippen LogP contribution in [0.15, 0.2) is 54.7 Å². The van der Waals surface area contributed by atoms with Gasteiger partial charge >= 0.3 is 0 Å². The molecule has 5 rings (SSSR count). The molecule has 8 heteroatoms. The number of hydrogen-bond acceptors (Lipinski definition) is 4. The van der Waals surface area contributed by atoms with E-state index in [0.29, 0.717) is 29.7 Å². The zero-order chi connectivity index (χ0) is 24.4. The minimum Gasteiger partial charge on any atom is -0.360 e. The average Bonchev–Trinajstić information content (AvgIpc) is 3.27. The largest absolute Gasteiger partial charge is 0.360 e. The molecule has 0 radical (unpaired) electrons. The van der Waals surface area contributed by atoms with Crippen molar-refractivity contribution in [1.29, 1.82) is 0 Å². The fourth-order valence-corrected chi connectivity index (χ4v) is 5.45. The van der Waals surface area contributed by atoms with Crippen LogP contribution in [0.2, 0.25) is 5.02 Å². The van der Waals surface area contributed by atoms with Crippen molar-refractivity contribution in [3.63, 3.8) is 0 Å². The van der Waals surface area contributed by atoms with Gasteiger partial charge in [-0.25, -0.2) is 0 Å². The van der Waals surface area contributed by atoms with Crippen molar-refractivity contribution < 1.29 is 9.59 Å². The number of hydrogen-bond donors (Lipinski definition) is 2. The molecule has 0 aliphatic carbocycles. The van der Waals surface area contributed by atoms with Crippen molar-refractivity contribution in [2.45, 2.75) is 24.9 Å². The molecule has 0 bridgehead atoms. The lowest BCUT2D eigenvalue weighted by Crippen LogP contribution is -2.55. The number of benzene rings is 2. The highest BCUT2D eigenvalue weighted by atomic mass is 35.5. The van der Waals surface area contributed by atoms with E-state index in [1.807, 2.05) is 41.3 Å². The summed E-state index contributed by atoms with van der Waals surface area (Å²) >= 11 is 6.18. The lowest BCUT2D eigenvalue weighted by atomic mass is 10.0. The maximum atomic E-state index is 13.7. The zero-order valence-electron chi connectivity index (χ0n) is 20.0. The molecule has 0 spiro atoms. The highest BCUT2D eigenvalue weighted by Gasteiger charge is 2.32. The minimum atomic E-state index is -0.735. The minimum absolute atomic E-state index is 0.0587. The number of nitrogens with zero attached hydrogens (tertiary/aromatic N) is 3. The highest BCUT2D eigenvalue weighted by molar-refractivity contribution is 6.35. The molecule has 1 atom stereocenters. The van der Waals surface area contributed by atoms with E-state index in [9.17, 15) is 9.59 Å². The Balaban J connectivity index is 1.29. The second kappa shape index (κ2) is 10.4. The summed E-state index contributed by atoms with van der Waals surface area (Å²) < 4.78 is 0. The van der Waals surface area contributed by atoms with E-state index in [2.05, 4.69) is 27.1 Å². The molecule has 2 aliphatic rings. The maximum Gasteiger partial charge on any atom is 0.252 e. The van der Waals surface area contributed by atoms with Gasteiger partial charge < -0.3 is 20.1 Å². The summed E-state index contributed by atoms with van der Waals surface area (Å²) in [5.41, 5.74) is 2.06. The van der Waals surface area contributed by atoms with E-state index in [1.54, 1.807) is 18.3 Å². The van der Waals surface area contributed by atoms with E-state index in [4.69, 9.17) is 11.6 Å². The molecule has 2 aromatic carbocycles. The normalized spacial score (nSPS) is 19.1. The van der Waals surface area contributed by atoms with Crippen LogP contribution >= 0.6 is 11.6 Å². The van der Waals surface area contributed by atoms with Crippen LogP contribution in [-0.4, -0.2) is 83.9 Å². The summed E-state index contributed by atoms with van der Waals surface area (Å²) in [6.45, 7) is 5.37. The van der Waals surface area contributed by atoms with Gasteiger partial charge in [0, 0.05) is 54.9 Å². The van der Waals surface area contributed by atoms with Gasteiger partial charge in [0.2, 0.25) is 5.91 Å². The Labute approximate surface area is 211 Å². The first-order valence-electron chi connectivity index (χ1n) is 12.3. The Morgan fingerprint density at radius 3 is 2.43 bits per heavy atom. The lowest BCUT2D eigenvalue weighted by molar-refractivity contribution is -0.135. The van der Waals surface area contributed by atoms with Crippen molar-refractivity contribution in [1.82, 2.24) is 25.0 Å². The Bertz CT molecular complexity index is 1180. The van der Waals surface area contributed by atoms with Crippen molar-refractivity contribution >= 4 is 34.3 Å². The molecular weight excluding hydrogens is 462 g/mol. The number of carbonyl (C=O) groups excluding carboxylic acids is 2. The molecule has 2 fully saturated rings. The third kappa shape index (κ3) is 5.22. The van der Waals surface area contributed by atoms with Gasteiger partial charge in [0.05, 0.1) is 5.02 Å². The van der Waals surface area contributed by atoms with Crippen LogP contribution < -0.4 is 5.32 Å². The Hall–Kier alpha value is -2.87. The molecule has 2 amide bonds. The molecule has 7 nitrogen and oxygen atoms in total. The van der Waals surface area contributed by atoms with E-state index in [-0.39, 0.29) is 11.8 Å². The van der Waals surface area contributed by atoms with Crippen LogP contribution in [0, 0.1) is 0 Å². The fourth-order valence-electron chi connectivity index (χ4n) is 5.23. The number of nitrogens with one attached hydrogen (secondary N) is 2. The summed E-state index contributed by atoms with van der Waals surface area (Å²) in [6.07, 6.45) is 4.07. The summed E-state index contributed by atoms with van der Waals surface area (Å²) in [5.74, 6) is -0.346. The number of likely N-dealkylation sites (tertiary alicyclic amines) is 1. The van der Waals surface area contributed by atoms with Crippen LogP contribution in [0.5, 0.6) is 0 Å². The summed E-state index contributed by atoms with van der Waals surface area (Å²) in [5, 5.41) is 4.48. The number of amides is 2. The first kappa shape index (κ1) is 23.9. The van der Waals surface area contributed by atoms with Gasteiger partial charge in [-0.05, 0) is 50.7 Å². The van der Waals surface area contributed by atoms with Crippen LogP contribution in [0.4, 0.5) is 0 Å². The number of carbonyl (C=O) groups is 2. The van der Waals surface area contributed by atoms with E-state index < -0.39 is 6.04 Å². The highest BCUT2D eigenvalue weighted by Crippen LogP contribution is 2.25. The average molecular weight is 494 g/mol. The van der Waals surface area contributed by atoms with Gasteiger partial charge in [0.25, 0.3) is 5.91 Å². The predicted molar refractivity (Wildman–Crippen MR) is 139 cm³/mol. The zero-order valence-corrected chi connectivity index (χ0v) is 20.8. The second-order valence-electron chi connectivity index (χ2n) is 9.61. The first-order chi connectivity index (χ1) is 17.0. The molecule has 0 saturated carbocycles. The molecule has 1 aromatic heterocycles. The number of halogens is 1. The second-order valence-corrected chi connectivity index (χ2v) is 10.0. The van der Waals surface area contributed by atoms with Gasteiger partial charge in [-0.3, -0.25) is 14.5 Å². The smallest absolute Gasteiger partial charge is 0.252 e. The van der Waals surface area contributed by atoms with Crippen LogP contribution in [0.3, 0.4) is 0 Å². The number of fused-ring (bicyclic) bond motifs is 1. The van der Waals surface area contributed by atoms with Crippen molar-refractivity contribution in [2.24, 2.45) is 0 Å². The van der Waals surface area contributed by atoms with Crippen molar-refractivity contribution in [2.75, 3.05) is 46.3 Å². The third-order valence-corrected chi connectivity index (χ3v) is 7.69. The quantitative estimate of drug-likeness (QED) is 0.570. The molecule has 3 aromatic rings.